The van der Waals surface area contributed by atoms with Crippen LogP contribution in [0.15, 0.2) is 59.5 Å². The number of H-pyrrole nitrogens is 1. The van der Waals surface area contributed by atoms with E-state index in [1.54, 1.807) is 64.1 Å². The molecule has 4 rings (SSSR count). The minimum absolute atomic E-state index is 0.152. The molecule has 2 heterocycles. The number of sulfone groups is 1. The molecule has 7 nitrogen and oxygen atoms in total. The third-order valence-corrected chi connectivity index (χ3v) is 8.55. The number of hydrogen-bond acceptors (Lipinski definition) is 5. The molecule has 35 heavy (non-hydrogen) atoms. The van der Waals surface area contributed by atoms with Gasteiger partial charge in [0.05, 0.1) is 22.3 Å². The summed E-state index contributed by atoms with van der Waals surface area (Å²) in [6.45, 7) is 6.58. The van der Waals surface area contributed by atoms with E-state index >= 15 is 0 Å². The fourth-order valence-electron chi connectivity index (χ4n) is 3.88. The van der Waals surface area contributed by atoms with Gasteiger partial charge in [-0.25, -0.2) is 12.8 Å². The predicted molar refractivity (Wildman–Crippen MR) is 135 cm³/mol. The van der Waals surface area contributed by atoms with E-state index in [-0.39, 0.29) is 16.4 Å². The summed E-state index contributed by atoms with van der Waals surface area (Å²) in [6.07, 6.45) is 2.63. The summed E-state index contributed by atoms with van der Waals surface area (Å²) >= 11 is 0. The zero-order chi connectivity index (χ0) is 25.8. The fourth-order valence-corrected chi connectivity index (χ4v) is 4.37. The summed E-state index contributed by atoms with van der Waals surface area (Å²) in [5, 5.41) is 3.40. The van der Waals surface area contributed by atoms with Gasteiger partial charge in [0.25, 0.3) is 5.91 Å². The molecule has 0 aliphatic rings. The van der Waals surface area contributed by atoms with Gasteiger partial charge < -0.3 is 10.3 Å². The van der Waals surface area contributed by atoms with Crippen molar-refractivity contribution in [2.45, 2.75) is 38.0 Å². The lowest BCUT2D eigenvalue weighted by atomic mass is 9.92. The lowest BCUT2D eigenvalue weighted by Crippen LogP contribution is -2.41. The van der Waals surface area contributed by atoms with Crippen LogP contribution in [0.4, 0.5) is 4.39 Å². The molecule has 182 valence electrons. The van der Waals surface area contributed by atoms with Crippen LogP contribution >= 0.6 is 0 Å². The van der Waals surface area contributed by atoms with E-state index in [4.69, 9.17) is 0 Å². The normalized spacial score (nSPS) is 12.7. The summed E-state index contributed by atoms with van der Waals surface area (Å²) < 4.78 is 38.3. The number of aromatic nitrogens is 2. The molecule has 4 aromatic rings. The Morgan fingerprint density at radius 1 is 1.00 bits per heavy atom. The highest BCUT2D eigenvalue weighted by Gasteiger charge is 2.35. The van der Waals surface area contributed by atoms with Crippen molar-refractivity contribution < 1.29 is 17.6 Å². The number of halogens is 1. The van der Waals surface area contributed by atoms with Crippen molar-refractivity contribution in [3.8, 4) is 0 Å². The first-order valence-corrected chi connectivity index (χ1v) is 12.8. The Kier molecular flexibility index (Phi) is 5.79. The van der Waals surface area contributed by atoms with E-state index in [1.807, 2.05) is 0 Å². The van der Waals surface area contributed by atoms with Crippen molar-refractivity contribution in [1.82, 2.24) is 15.3 Å². The average molecular weight is 496 g/mol. The summed E-state index contributed by atoms with van der Waals surface area (Å²) in [5.41, 5.74) is 0.343. The second-order valence-electron chi connectivity index (χ2n) is 9.67. The highest BCUT2D eigenvalue weighted by atomic mass is 32.2. The molecule has 0 unspecified atom stereocenters. The van der Waals surface area contributed by atoms with E-state index in [2.05, 4.69) is 15.3 Å². The largest absolute Gasteiger partial charge is 0.354 e. The van der Waals surface area contributed by atoms with Crippen molar-refractivity contribution in [1.29, 1.82) is 0 Å². The van der Waals surface area contributed by atoms with Gasteiger partial charge in [-0.15, -0.1) is 0 Å². The van der Waals surface area contributed by atoms with Gasteiger partial charge in [0.15, 0.2) is 15.3 Å². The number of carbonyl (C=O) groups is 1. The number of hydrogen-bond donors (Lipinski definition) is 2. The number of nitrogens with one attached hydrogen (secondary N) is 2. The van der Waals surface area contributed by atoms with E-state index in [0.29, 0.717) is 27.7 Å². The monoisotopic (exact) mass is 495 g/mol. The standard InChI is InChI=1S/C26H26FN3O4S/c1-25(2,15-10-11-28-22(12-15)26(3,4)35(5,33)34)30-24(32)17-14-21-18(13-19(17)27)23(31)16-8-6-7-9-20(16)29-21/h6-14H,1-5H3,(H,29,31)(H,30,32). The third kappa shape index (κ3) is 4.32. The zero-order valence-electron chi connectivity index (χ0n) is 20.1. The van der Waals surface area contributed by atoms with Gasteiger partial charge in [-0.3, -0.25) is 14.6 Å². The van der Waals surface area contributed by atoms with E-state index < -0.39 is 31.8 Å². The van der Waals surface area contributed by atoms with Gasteiger partial charge in [-0.1, -0.05) is 12.1 Å². The van der Waals surface area contributed by atoms with Crippen molar-refractivity contribution >= 4 is 37.6 Å². The lowest BCUT2D eigenvalue weighted by molar-refractivity contribution is 0.0908. The van der Waals surface area contributed by atoms with Gasteiger partial charge in [-0.05, 0) is 69.7 Å². The summed E-state index contributed by atoms with van der Waals surface area (Å²) in [4.78, 5) is 33.2. The number of amides is 1. The molecule has 2 aromatic carbocycles. The SMILES string of the molecule is CC(C)(NC(=O)c1cc2[nH]c3ccccc3c(=O)c2cc1F)c1ccnc(C(C)(C)S(C)(=O)=O)c1. The van der Waals surface area contributed by atoms with Gasteiger partial charge in [0.1, 0.15) is 10.6 Å². The molecule has 1 amide bonds. The molecule has 2 N–H and O–H groups in total. The topological polar surface area (TPSA) is 109 Å². The lowest BCUT2D eigenvalue weighted by Gasteiger charge is -2.29. The molecule has 2 aromatic heterocycles. The smallest absolute Gasteiger partial charge is 0.255 e. The van der Waals surface area contributed by atoms with Crippen LogP contribution < -0.4 is 10.7 Å². The van der Waals surface area contributed by atoms with E-state index in [9.17, 15) is 22.4 Å². The van der Waals surface area contributed by atoms with Gasteiger partial charge in [0.2, 0.25) is 0 Å². The van der Waals surface area contributed by atoms with Crippen LogP contribution in [0, 0.1) is 5.82 Å². The number of pyridine rings is 2. The molecule has 0 aliphatic heterocycles. The maximum Gasteiger partial charge on any atom is 0.255 e. The second-order valence-corrected chi connectivity index (χ2v) is 12.2. The van der Waals surface area contributed by atoms with Crippen LogP contribution in [0.3, 0.4) is 0 Å². The maximum absolute atomic E-state index is 15.0. The molecule has 0 radical (unpaired) electrons. The highest BCUT2D eigenvalue weighted by Crippen LogP contribution is 2.30. The van der Waals surface area contributed by atoms with Gasteiger partial charge in [-0.2, -0.15) is 0 Å². The van der Waals surface area contributed by atoms with E-state index in [0.717, 1.165) is 12.3 Å². The minimum Gasteiger partial charge on any atom is -0.354 e. The van der Waals surface area contributed by atoms with Crippen molar-refractivity contribution in [3.63, 3.8) is 0 Å². The molecular formula is C26H26FN3O4S. The summed E-state index contributed by atoms with van der Waals surface area (Å²) in [6, 6.07) is 12.6. The Bertz CT molecular complexity index is 1660. The number of fused-ring (bicyclic) bond motifs is 2. The predicted octanol–water partition coefficient (Wildman–Crippen LogP) is 4.16. The molecule has 0 aliphatic carbocycles. The maximum atomic E-state index is 15.0. The first kappa shape index (κ1) is 24.5. The number of benzene rings is 2. The van der Waals surface area contributed by atoms with Crippen LogP contribution in [0.2, 0.25) is 0 Å². The Balaban J connectivity index is 1.72. The van der Waals surface area contributed by atoms with Crippen LogP contribution in [0.25, 0.3) is 21.8 Å². The number of rotatable bonds is 5. The average Bonchev–Trinajstić information content (AvgIpc) is 2.78. The molecule has 9 heteroatoms. The van der Waals surface area contributed by atoms with Gasteiger partial charge >= 0.3 is 0 Å². The Hall–Kier alpha value is -3.59. The van der Waals surface area contributed by atoms with Crippen LogP contribution in [-0.2, 0) is 20.1 Å². The second kappa shape index (κ2) is 8.27. The Morgan fingerprint density at radius 3 is 2.37 bits per heavy atom. The number of para-hydroxylation sites is 1. The fraction of sp³-hybridized carbons (Fsp3) is 0.269. The molecule has 0 fully saturated rings. The highest BCUT2D eigenvalue weighted by molar-refractivity contribution is 7.91. The summed E-state index contributed by atoms with van der Waals surface area (Å²) in [5.74, 6) is -1.50. The van der Waals surface area contributed by atoms with Crippen LogP contribution in [-0.4, -0.2) is 30.5 Å². The van der Waals surface area contributed by atoms with Crippen molar-refractivity contribution in [2.24, 2.45) is 0 Å². The van der Waals surface area contributed by atoms with Crippen LogP contribution in [0.1, 0.15) is 49.3 Å². The van der Waals surface area contributed by atoms with Gasteiger partial charge in [0, 0.05) is 28.7 Å². The number of aromatic amines is 1. The molecule has 0 saturated carbocycles. The summed E-state index contributed by atoms with van der Waals surface area (Å²) in [7, 11) is -3.46. The quantitative estimate of drug-likeness (QED) is 0.404. The van der Waals surface area contributed by atoms with Crippen molar-refractivity contribution in [2.75, 3.05) is 6.26 Å². The van der Waals surface area contributed by atoms with Crippen molar-refractivity contribution in [3.05, 3.63) is 87.6 Å². The molecule has 0 atom stereocenters. The molecule has 0 saturated heterocycles. The Morgan fingerprint density at radius 2 is 1.69 bits per heavy atom. The third-order valence-electron chi connectivity index (χ3n) is 6.49. The first-order valence-electron chi connectivity index (χ1n) is 11.0. The first-order chi connectivity index (χ1) is 16.2. The molecule has 0 bridgehead atoms. The molecular weight excluding hydrogens is 469 g/mol. The van der Waals surface area contributed by atoms with E-state index in [1.165, 1.54) is 12.3 Å². The Labute approximate surface area is 202 Å². The minimum atomic E-state index is -3.46. The molecule has 0 spiro atoms. The zero-order valence-corrected chi connectivity index (χ0v) is 20.9. The number of nitrogens with zero attached hydrogens (tertiary/aromatic N) is 1. The van der Waals surface area contributed by atoms with Crippen LogP contribution in [0.5, 0.6) is 0 Å². The number of carbonyl (C=O) groups excluding carboxylic acids is 1.